The molecule has 0 saturated heterocycles. The fourth-order valence-electron chi connectivity index (χ4n) is 2.15. The molecule has 0 saturated carbocycles. The molecule has 3 heterocycles. The number of H-pyrrole nitrogens is 1. The number of nitrogens with one attached hydrogen (secondary N) is 1. The first kappa shape index (κ1) is 13.7. The molecule has 112 valence electrons. The van der Waals surface area contributed by atoms with Gasteiger partial charge in [-0.15, -0.1) is 0 Å². The summed E-state index contributed by atoms with van der Waals surface area (Å²) in [5, 5.41) is 11.8. The zero-order chi connectivity index (χ0) is 15.6. The molecule has 0 aliphatic rings. The van der Waals surface area contributed by atoms with Crippen molar-refractivity contribution in [2.75, 3.05) is 0 Å². The maximum absolute atomic E-state index is 5.90. The van der Waals surface area contributed by atoms with Gasteiger partial charge in [0.15, 0.2) is 0 Å². The molecule has 0 aliphatic carbocycles. The molecule has 0 fully saturated rings. The van der Waals surface area contributed by atoms with Crippen LogP contribution in [0.15, 0.2) is 59.4 Å². The molecule has 0 amide bonds. The van der Waals surface area contributed by atoms with Gasteiger partial charge < -0.3 is 4.52 Å². The number of rotatable bonds is 3. The summed E-state index contributed by atoms with van der Waals surface area (Å²) in [7, 11) is 0. The molecular weight excluding hydrogens is 314 g/mol. The molecule has 0 atom stereocenters. The summed E-state index contributed by atoms with van der Waals surface area (Å²) in [5.74, 6) is 0.884. The molecule has 4 rings (SSSR count). The Balaban J connectivity index is 1.65. The molecule has 7 heteroatoms. The van der Waals surface area contributed by atoms with Crippen LogP contribution in [-0.4, -0.2) is 25.3 Å². The number of hydrogen-bond donors (Lipinski definition) is 1. The van der Waals surface area contributed by atoms with Crippen LogP contribution in [0, 0.1) is 0 Å². The monoisotopic (exact) mass is 323 g/mol. The number of aromatic nitrogens is 5. The first-order valence-corrected chi connectivity index (χ1v) is 7.23. The maximum Gasteiger partial charge on any atom is 0.276 e. The van der Waals surface area contributed by atoms with Crippen LogP contribution in [-0.2, 0) is 0 Å². The van der Waals surface area contributed by atoms with E-state index in [2.05, 4.69) is 25.3 Å². The van der Waals surface area contributed by atoms with Gasteiger partial charge in [0.2, 0.25) is 5.82 Å². The Hall–Kier alpha value is -2.99. The second-order valence-electron chi connectivity index (χ2n) is 4.83. The summed E-state index contributed by atoms with van der Waals surface area (Å²) >= 11 is 5.90. The lowest BCUT2D eigenvalue weighted by atomic mass is 10.1. The normalized spacial score (nSPS) is 10.8. The molecule has 0 bridgehead atoms. The van der Waals surface area contributed by atoms with Gasteiger partial charge in [0, 0.05) is 28.5 Å². The quantitative estimate of drug-likeness (QED) is 0.619. The average Bonchev–Trinajstić information content (AvgIpc) is 3.26. The van der Waals surface area contributed by atoms with Crippen molar-refractivity contribution in [3.63, 3.8) is 0 Å². The van der Waals surface area contributed by atoms with Crippen molar-refractivity contribution in [1.82, 2.24) is 25.3 Å². The molecule has 1 aromatic carbocycles. The minimum atomic E-state index is 0.379. The van der Waals surface area contributed by atoms with E-state index in [1.807, 2.05) is 42.5 Å². The number of hydrogen-bond acceptors (Lipinski definition) is 5. The molecule has 1 N–H and O–H groups in total. The summed E-state index contributed by atoms with van der Waals surface area (Å²) < 4.78 is 5.30. The average molecular weight is 324 g/mol. The predicted octanol–water partition coefficient (Wildman–Crippen LogP) is 3.84. The highest BCUT2D eigenvalue weighted by Gasteiger charge is 2.13. The van der Waals surface area contributed by atoms with Crippen molar-refractivity contribution in [2.24, 2.45) is 0 Å². The Bertz CT molecular complexity index is 931. The van der Waals surface area contributed by atoms with Gasteiger partial charge in [-0.1, -0.05) is 28.9 Å². The van der Waals surface area contributed by atoms with E-state index in [0.29, 0.717) is 22.4 Å². The fraction of sp³-hybridized carbons (Fsp3) is 0. The van der Waals surface area contributed by atoms with Crippen molar-refractivity contribution in [3.05, 3.63) is 59.9 Å². The van der Waals surface area contributed by atoms with Gasteiger partial charge in [0.05, 0.1) is 5.69 Å². The molecule has 0 unspecified atom stereocenters. The molecule has 4 aromatic rings. The van der Waals surface area contributed by atoms with Crippen molar-refractivity contribution in [3.8, 4) is 34.2 Å². The Labute approximate surface area is 136 Å². The van der Waals surface area contributed by atoms with Gasteiger partial charge >= 0.3 is 0 Å². The Morgan fingerprint density at radius 2 is 1.74 bits per heavy atom. The van der Waals surface area contributed by atoms with E-state index in [4.69, 9.17) is 16.1 Å². The SMILES string of the molecule is Clc1ccc(-c2cc(-c3nc(-c4ccncc4)no3)[nH]n2)cc1. The van der Waals surface area contributed by atoms with Crippen LogP contribution in [0.1, 0.15) is 0 Å². The van der Waals surface area contributed by atoms with Gasteiger partial charge in [-0.05, 0) is 30.3 Å². The molecule has 0 spiro atoms. The third kappa shape index (κ3) is 2.72. The summed E-state index contributed by atoms with van der Waals surface area (Å²) in [5.41, 5.74) is 3.22. The predicted molar refractivity (Wildman–Crippen MR) is 85.6 cm³/mol. The Kier molecular flexibility index (Phi) is 3.36. The lowest BCUT2D eigenvalue weighted by Crippen LogP contribution is -1.81. The molecule has 0 radical (unpaired) electrons. The first-order valence-electron chi connectivity index (χ1n) is 6.85. The smallest absolute Gasteiger partial charge is 0.276 e. The molecule has 0 aliphatic heterocycles. The van der Waals surface area contributed by atoms with Crippen LogP contribution < -0.4 is 0 Å². The van der Waals surface area contributed by atoms with E-state index < -0.39 is 0 Å². The van der Waals surface area contributed by atoms with Crippen molar-refractivity contribution < 1.29 is 4.52 Å². The highest BCUT2D eigenvalue weighted by molar-refractivity contribution is 6.30. The van der Waals surface area contributed by atoms with Gasteiger partial charge in [-0.2, -0.15) is 10.1 Å². The number of nitrogens with zero attached hydrogens (tertiary/aromatic N) is 4. The third-order valence-electron chi connectivity index (χ3n) is 3.31. The lowest BCUT2D eigenvalue weighted by Gasteiger charge is -1.94. The van der Waals surface area contributed by atoms with Crippen LogP contribution >= 0.6 is 11.6 Å². The lowest BCUT2D eigenvalue weighted by molar-refractivity contribution is 0.431. The summed E-state index contributed by atoms with van der Waals surface area (Å²) in [4.78, 5) is 8.34. The Morgan fingerprint density at radius 1 is 0.957 bits per heavy atom. The highest BCUT2D eigenvalue weighted by atomic mass is 35.5. The van der Waals surface area contributed by atoms with E-state index in [-0.39, 0.29) is 0 Å². The van der Waals surface area contributed by atoms with Gasteiger partial charge in [-0.3, -0.25) is 10.1 Å². The summed E-state index contributed by atoms with van der Waals surface area (Å²) in [6.07, 6.45) is 3.36. The van der Waals surface area contributed by atoms with Crippen LogP contribution in [0.2, 0.25) is 5.02 Å². The number of halogens is 1. The summed E-state index contributed by atoms with van der Waals surface area (Å²) in [6.45, 7) is 0. The first-order chi connectivity index (χ1) is 11.3. The number of benzene rings is 1. The van der Waals surface area contributed by atoms with Gasteiger partial charge in [0.25, 0.3) is 5.89 Å². The minimum absolute atomic E-state index is 0.379. The van der Waals surface area contributed by atoms with Crippen LogP contribution in [0.5, 0.6) is 0 Å². The fourth-order valence-corrected chi connectivity index (χ4v) is 2.28. The van der Waals surface area contributed by atoms with Crippen molar-refractivity contribution in [1.29, 1.82) is 0 Å². The molecule has 3 aromatic heterocycles. The van der Waals surface area contributed by atoms with E-state index in [9.17, 15) is 0 Å². The largest absolute Gasteiger partial charge is 0.332 e. The van der Waals surface area contributed by atoms with Gasteiger partial charge in [0.1, 0.15) is 5.69 Å². The van der Waals surface area contributed by atoms with E-state index >= 15 is 0 Å². The minimum Gasteiger partial charge on any atom is -0.332 e. The van der Waals surface area contributed by atoms with E-state index in [1.165, 1.54) is 0 Å². The standard InChI is InChI=1S/C16H10ClN5O/c17-12-3-1-10(2-4-12)13-9-14(21-20-13)16-19-15(22-23-16)11-5-7-18-8-6-11/h1-9H,(H,20,21). The van der Waals surface area contributed by atoms with Crippen LogP contribution in [0.4, 0.5) is 0 Å². The van der Waals surface area contributed by atoms with Gasteiger partial charge in [-0.25, -0.2) is 0 Å². The zero-order valence-electron chi connectivity index (χ0n) is 11.8. The second kappa shape index (κ2) is 5.66. The van der Waals surface area contributed by atoms with E-state index in [0.717, 1.165) is 16.8 Å². The molecule has 6 nitrogen and oxygen atoms in total. The number of aromatic amines is 1. The van der Waals surface area contributed by atoms with Crippen molar-refractivity contribution >= 4 is 11.6 Å². The second-order valence-corrected chi connectivity index (χ2v) is 5.27. The molecule has 23 heavy (non-hydrogen) atoms. The highest BCUT2D eigenvalue weighted by Crippen LogP contribution is 2.25. The third-order valence-corrected chi connectivity index (χ3v) is 3.56. The number of pyridine rings is 1. The maximum atomic E-state index is 5.90. The van der Waals surface area contributed by atoms with E-state index in [1.54, 1.807) is 12.4 Å². The van der Waals surface area contributed by atoms with Crippen LogP contribution in [0.25, 0.3) is 34.2 Å². The van der Waals surface area contributed by atoms with Crippen molar-refractivity contribution in [2.45, 2.75) is 0 Å². The van der Waals surface area contributed by atoms with Crippen LogP contribution in [0.3, 0.4) is 0 Å². The Morgan fingerprint density at radius 3 is 2.52 bits per heavy atom. The zero-order valence-corrected chi connectivity index (χ0v) is 12.5. The summed E-state index contributed by atoms with van der Waals surface area (Å²) in [6, 6.07) is 12.9. The molecular formula is C16H10ClN5O. The topological polar surface area (TPSA) is 80.5 Å².